The van der Waals surface area contributed by atoms with Crippen molar-refractivity contribution in [1.82, 2.24) is 0 Å². The highest BCUT2D eigenvalue weighted by Crippen LogP contribution is 2.31. The topological polar surface area (TPSA) is 0 Å². The molecule has 2 atom stereocenters. The van der Waals surface area contributed by atoms with Gasteiger partial charge in [0.25, 0.3) is 0 Å². The van der Waals surface area contributed by atoms with Crippen molar-refractivity contribution in [1.29, 1.82) is 0 Å². The summed E-state index contributed by atoms with van der Waals surface area (Å²) in [5.74, 6) is 0.422. The largest absolute Gasteiger partial charge is 0.118 e. The zero-order chi connectivity index (χ0) is 13.8. The Labute approximate surface area is 121 Å². The lowest BCUT2D eigenvalue weighted by atomic mass is 9.92. The number of rotatable bonds is 4. The minimum atomic E-state index is 0.0713. The molecule has 0 nitrogen and oxygen atoms in total. The Morgan fingerprint density at radius 3 is 2.11 bits per heavy atom. The van der Waals surface area contributed by atoms with Crippen molar-refractivity contribution in [2.75, 3.05) is 0 Å². The van der Waals surface area contributed by atoms with E-state index >= 15 is 0 Å². The van der Waals surface area contributed by atoms with Gasteiger partial charge in [0, 0.05) is 0 Å². The summed E-state index contributed by atoms with van der Waals surface area (Å²) in [6.45, 7) is 6.52. The van der Waals surface area contributed by atoms with Gasteiger partial charge in [0.1, 0.15) is 0 Å². The van der Waals surface area contributed by atoms with Gasteiger partial charge in [-0.1, -0.05) is 66.6 Å². The quantitative estimate of drug-likeness (QED) is 0.648. The first-order chi connectivity index (χ1) is 9.06. The molecule has 0 heterocycles. The van der Waals surface area contributed by atoms with Gasteiger partial charge in [-0.2, -0.15) is 0 Å². The maximum absolute atomic E-state index is 6.59. The van der Waals surface area contributed by atoms with Crippen LogP contribution in [-0.4, -0.2) is 0 Å². The van der Waals surface area contributed by atoms with Crippen LogP contribution in [-0.2, 0) is 6.42 Å². The number of hydrogen-bond donors (Lipinski definition) is 0. The van der Waals surface area contributed by atoms with Crippen molar-refractivity contribution < 1.29 is 0 Å². The van der Waals surface area contributed by atoms with Crippen LogP contribution in [0.2, 0.25) is 0 Å². The first-order valence-electron chi connectivity index (χ1n) is 6.82. The van der Waals surface area contributed by atoms with E-state index in [1.54, 1.807) is 0 Å². The molecule has 2 aromatic carbocycles. The molecular weight excluding hydrogens is 252 g/mol. The van der Waals surface area contributed by atoms with E-state index in [-0.39, 0.29) is 5.38 Å². The smallest absolute Gasteiger partial charge is 0.0613 e. The molecule has 19 heavy (non-hydrogen) atoms. The third-order valence-corrected chi connectivity index (χ3v) is 4.14. The Morgan fingerprint density at radius 2 is 1.53 bits per heavy atom. The summed E-state index contributed by atoms with van der Waals surface area (Å²) in [4.78, 5) is 0. The normalized spacial score (nSPS) is 14.1. The van der Waals surface area contributed by atoms with Crippen LogP contribution in [0.1, 0.15) is 34.6 Å². The van der Waals surface area contributed by atoms with Crippen LogP contribution < -0.4 is 0 Å². The Morgan fingerprint density at radius 1 is 0.947 bits per heavy atom. The maximum atomic E-state index is 6.59. The number of benzene rings is 2. The Kier molecular flexibility index (Phi) is 4.66. The molecule has 0 amide bonds. The summed E-state index contributed by atoms with van der Waals surface area (Å²) >= 11 is 6.59. The first kappa shape index (κ1) is 14.1. The third kappa shape index (κ3) is 3.84. The number of alkyl halides is 1. The van der Waals surface area contributed by atoms with Crippen LogP contribution in [0.3, 0.4) is 0 Å². The molecule has 0 N–H and O–H groups in total. The summed E-state index contributed by atoms with van der Waals surface area (Å²) in [5.41, 5.74) is 5.24. The maximum Gasteiger partial charge on any atom is 0.0613 e. The molecular formula is C18H21Cl. The van der Waals surface area contributed by atoms with Crippen molar-refractivity contribution in [2.45, 2.75) is 32.6 Å². The van der Waals surface area contributed by atoms with Crippen molar-refractivity contribution >= 4 is 11.6 Å². The summed E-state index contributed by atoms with van der Waals surface area (Å²) in [6.07, 6.45) is 1.02. The minimum Gasteiger partial charge on any atom is -0.118 e. The van der Waals surface area contributed by atoms with Crippen LogP contribution in [0.4, 0.5) is 0 Å². The molecule has 0 radical (unpaired) electrons. The van der Waals surface area contributed by atoms with E-state index in [0.717, 1.165) is 6.42 Å². The standard InChI is InChI=1S/C18H21Cl/c1-13-9-14(2)11-16(10-13)12-15(3)18(19)17-7-5-4-6-8-17/h4-11,15,18H,12H2,1-3H3. The molecule has 0 fully saturated rings. The summed E-state index contributed by atoms with van der Waals surface area (Å²) < 4.78 is 0. The lowest BCUT2D eigenvalue weighted by Crippen LogP contribution is -2.07. The van der Waals surface area contributed by atoms with Crippen molar-refractivity contribution in [3.63, 3.8) is 0 Å². The molecule has 0 aromatic heterocycles. The van der Waals surface area contributed by atoms with Crippen LogP contribution in [0.25, 0.3) is 0 Å². The van der Waals surface area contributed by atoms with E-state index in [9.17, 15) is 0 Å². The molecule has 0 aliphatic heterocycles. The van der Waals surface area contributed by atoms with E-state index in [2.05, 4.69) is 51.1 Å². The zero-order valence-corrected chi connectivity index (χ0v) is 12.6. The Balaban J connectivity index is 2.10. The van der Waals surface area contributed by atoms with Gasteiger partial charge in [-0.05, 0) is 37.3 Å². The van der Waals surface area contributed by atoms with Gasteiger partial charge in [-0.25, -0.2) is 0 Å². The van der Waals surface area contributed by atoms with Gasteiger partial charge in [-0.3, -0.25) is 0 Å². The van der Waals surface area contributed by atoms with Crippen molar-refractivity contribution in [3.05, 3.63) is 70.8 Å². The fourth-order valence-corrected chi connectivity index (χ4v) is 2.86. The highest BCUT2D eigenvalue weighted by Gasteiger charge is 2.16. The lowest BCUT2D eigenvalue weighted by Gasteiger charge is -2.19. The van der Waals surface area contributed by atoms with Crippen molar-refractivity contribution in [3.8, 4) is 0 Å². The molecule has 0 aliphatic rings. The number of halogens is 1. The van der Waals surface area contributed by atoms with Gasteiger partial charge in [0.2, 0.25) is 0 Å². The minimum absolute atomic E-state index is 0.0713. The second kappa shape index (κ2) is 6.25. The van der Waals surface area contributed by atoms with Gasteiger partial charge in [0.05, 0.1) is 5.38 Å². The average molecular weight is 273 g/mol. The molecule has 0 aliphatic carbocycles. The predicted octanol–water partition coefficient (Wildman–Crippen LogP) is 5.46. The fraction of sp³-hybridized carbons (Fsp3) is 0.333. The number of hydrogen-bond acceptors (Lipinski definition) is 0. The van der Waals surface area contributed by atoms with Gasteiger partial charge < -0.3 is 0 Å². The summed E-state index contributed by atoms with van der Waals surface area (Å²) in [6, 6.07) is 17.1. The van der Waals surface area contributed by atoms with Gasteiger partial charge >= 0.3 is 0 Å². The SMILES string of the molecule is Cc1cc(C)cc(CC(C)C(Cl)c2ccccc2)c1. The second-order valence-electron chi connectivity index (χ2n) is 5.49. The highest BCUT2D eigenvalue weighted by molar-refractivity contribution is 6.21. The molecule has 100 valence electrons. The van der Waals surface area contributed by atoms with Gasteiger partial charge in [0.15, 0.2) is 0 Å². The van der Waals surface area contributed by atoms with Crippen LogP contribution in [0.15, 0.2) is 48.5 Å². The van der Waals surface area contributed by atoms with E-state index in [0.29, 0.717) is 5.92 Å². The zero-order valence-electron chi connectivity index (χ0n) is 11.9. The predicted molar refractivity (Wildman–Crippen MR) is 83.8 cm³/mol. The molecule has 0 spiro atoms. The first-order valence-corrected chi connectivity index (χ1v) is 7.26. The average Bonchev–Trinajstić information content (AvgIpc) is 2.37. The molecule has 2 unspecified atom stereocenters. The monoisotopic (exact) mass is 272 g/mol. The highest BCUT2D eigenvalue weighted by atomic mass is 35.5. The lowest BCUT2D eigenvalue weighted by molar-refractivity contribution is 0.558. The second-order valence-corrected chi connectivity index (χ2v) is 5.96. The van der Waals surface area contributed by atoms with Crippen LogP contribution >= 0.6 is 11.6 Å². The van der Waals surface area contributed by atoms with Crippen LogP contribution in [0.5, 0.6) is 0 Å². The Bertz CT molecular complexity index is 510. The number of aryl methyl sites for hydroxylation is 2. The molecule has 1 heteroatoms. The third-order valence-electron chi connectivity index (χ3n) is 3.46. The van der Waals surface area contributed by atoms with Crippen molar-refractivity contribution in [2.24, 2.45) is 5.92 Å². The molecule has 2 rings (SSSR count). The summed E-state index contributed by atoms with van der Waals surface area (Å²) in [7, 11) is 0. The fourth-order valence-electron chi connectivity index (χ4n) is 2.63. The Hall–Kier alpha value is -1.27. The molecule has 0 saturated heterocycles. The molecule has 0 bridgehead atoms. The van der Waals surface area contributed by atoms with Gasteiger partial charge in [-0.15, -0.1) is 11.6 Å². The van der Waals surface area contributed by atoms with E-state index in [1.807, 2.05) is 18.2 Å². The molecule has 0 saturated carbocycles. The van der Waals surface area contributed by atoms with Crippen LogP contribution in [0, 0.1) is 19.8 Å². The van der Waals surface area contributed by atoms with E-state index < -0.39 is 0 Å². The van der Waals surface area contributed by atoms with E-state index in [4.69, 9.17) is 11.6 Å². The molecule has 2 aromatic rings. The summed E-state index contributed by atoms with van der Waals surface area (Å²) in [5, 5.41) is 0.0713. The van der Waals surface area contributed by atoms with E-state index in [1.165, 1.54) is 22.3 Å².